The molecule has 0 saturated carbocycles. The summed E-state index contributed by atoms with van der Waals surface area (Å²) >= 11 is 0. The second-order valence-electron chi connectivity index (χ2n) is 5.04. The van der Waals surface area contributed by atoms with Gasteiger partial charge in [-0.3, -0.25) is 4.79 Å². The maximum Gasteiger partial charge on any atom is 0.330 e. The van der Waals surface area contributed by atoms with E-state index in [-0.39, 0.29) is 0 Å². The smallest absolute Gasteiger partial charge is 0.330 e. The van der Waals surface area contributed by atoms with Gasteiger partial charge in [0.2, 0.25) is 0 Å². The van der Waals surface area contributed by atoms with Crippen LogP contribution in [-0.2, 0) is 11.8 Å². The van der Waals surface area contributed by atoms with Crippen LogP contribution < -0.4 is 5.32 Å². The molecule has 0 spiro atoms. The van der Waals surface area contributed by atoms with E-state index in [9.17, 15) is 14.7 Å². The minimum absolute atomic E-state index is 0.407. The first kappa shape index (κ1) is 14.8. The molecule has 1 unspecified atom stereocenters. The van der Waals surface area contributed by atoms with E-state index in [1.807, 2.05) is 19.9 Å². The normalized spacial score (nSPS) is 12.0. The van der Waals surface area contributed by atoms with Gasteiger partial charge in [-0.1, -0.05) is 18.2 Å². The van der Waals surface area contributed by atoms with Gasteiger partial charge in [-0.05, 0) is 42.7 Å². The predicted octanol–water partition coefficient (Wildman–Crippen LogP) is 2.20. The summed E-state index contributed by atoms with van der Waals surface area (Å²) in [5.74, 6) is -1.48. The third-order valence-electron chi connectivity index (χ3n) is 3.66. The number of carbonyl (C=O) groups is 2. The molecule has 0 radical (unpaired) electrons. The Morgan fingerprint density at radius 1 is 1.19 bits per heavy atom. The van der Waals surface area contributed by atoms with Crippen molar-refractivity contribution in [1.82, 2.24) is 9.88 Å². The molecule has 2 N–H and O–H groups in total. The standard InChI is InChI=1S/C16H18N2O3/c1-10-6-4-7-12(11(10)2)14(16(20)21)17-15(19)13-8-5-9-18(13)3/h4-9,14H,1-3H3,(H,17,19)(H,20,21). The number of aromatic nitrogens is 1. The van der Waals surface area contributed by atoms with Crippen molar-refractivity contribution in [2.24, 2.45) is 7.05 Å². The first-order valence-corrected chi connectivity index (χ1v) is 6.63. The van der Waals surface area contributed by atoms with Gasteiger partial charge in [-0.25, -0.2) is 4.79 Å². The maximum atomic E-state index is 12.2. The fourth-order valence-corrected chi connectivity index (χ4v) is 2.26. The second kappa shape index (κ2) is 5.83. The van der Waals surface area contributed by atoms with Crippen LogP contribution in [0, 0.1) is 13.8 Å². The summed E-state index contributed by atoms with van der Waals surface area (Å²) in [5, 5.41) is 12.0. The summed E-state index contributed by atoms with van der Waals surface area (Å²) in [6, 6.07) is 7.76. The van der Waals surface area contributed by atoms with E-state index in [4.69, 9.17) is 0 Å². The molecule has 1 heterocycles. The zero-order chi connectivity index (χ0) is 15.6. The highest BCUT2D eigenvalue weighted by molar-refractivity contribution is 5.95. The molecule has 1 atom stereocenters. The third-order valence-corrected chi connectivity index (χ3v) is 3.66. The van der Waals surface area contributed by atoms with E-state index in [1.54, 1.807) is 42.1 Å². The molecular formula is C16H18N2O3. The molecule has 1 aromatic heterocycles. The van der Waals surface area contributed by atoms with Gasteiger partial charge in [-0.2, -0.15) is 0 Å². The fourth-order valence-electron chi connectivity index (χ4n) is 2.26. The number of benzene rings is 1. The number of aliphatic carboxylic acids is 1. The van der Waals surface area contributed by atoms with Crippen LogP contribution in [-0.4, -0.2) is 21.6 Å². The number of nitrogens with one attached hydrogen (secondary N) is 1. The van der Waals surface area contributed by atoms with Gasteiger partial charge < -0.3 is 15.0 Å². The van der Waals surface area contributed by atoms with Gasteiger partial charge in [-0.15, -0.1) is 0 Å². The van der Waals surface area contributed by atoms with E-state index in [0.29, 0.717) is 11.3 Å². The summed E-state index contributed by atoms with van der Waals surface area (Å²) in [6.07, 6.45) is 1.74. The quantitative estimate of drug-likeness (QED) is 0.905. The van der Waals surface area contributed by atoms with Gasteiger partial charge in [0, 0.05) is 13.2 Å². The molecule has 0 aliphatic rings. The molecule has 1 aromatic carbocycles. The number of carboxylic acid groups (broad SMARTS) is 1. The van der Waals surface area contributed by atoms with Gasteiger partial charge in [0.25, 0.3) is 5.91 Å². The van der Waals surface area contributed by atoms with E-state index < -0.39 is 17.9 Å². The summed E-state index contributed by atoms with van der Waals surface area (Å²) in [5.41, 5.74) is 2.89. The van der Waals surface area contributed by atoms with Crippen LogP contribution in [0.5, 0.6) is 0 Å². The van der Waals surface area contributed by atoms with Crippen LogP contribution >= 0.6 is 0 Å². The van der Waals surface area contributed by atoms with Gasteiger partial charge >= 0.3 is 5.97 Å². The van der Waals surface area contributed by atoms with Crippen molar-refractivity contribution in [2.45, 2.75) is 19.9 Å². The first-order valence-electron chi connectivity index (χ1n) is 6.63. The fraction of sp³-hybridized carbons (Fsp3) is 0.250. The van der Waals surface area contributed by atoms with Crippen molar-refractivity contribution in [3.8, 4) is 0 Å². The minimum atomic E-state index is -1.08. The van der Waals surface area contributed by atoms with Crippen molar-refractivity contribution in [1.29, 1.82) is 0 Å². The first-order chi connectivity index (χ1) is 9.91. The Labute approximate surface area is 123 Å². The molecule has 0 saturated heterocycles. The SMILES string of the molecule is Cc1cccc(C(NC(=O)c2cccn2C)C(=O)O)c1C. The molecule has 21 heavy (non-hydrogen) atoms. The number of hydrogen-bond acceptors (Lipinski definition) is 2. The summed E-state index contributed by atoms with van der Waals surface area (Å²) < 4.78 is 1.65. The Hall–Kier alpha value is -2.56. The molecule has 1 amide bonds. The van der Waals surface area contributed by atoms with Crippen LogP contribution in [0.3, 0.4) is 0 Å². The van der Waals surface area contributed by atoms with Crippen LogP contribution in [0.4, 0.5) is 0 Å². The average molecular weight is 286 g/mol. The Kier molecular flexibility index (Phi) is 4.12. The van der Waals surface area contributed by atoms with Crippen molar-refractivity contribution in [3.05, 3.63) is 58.9 Å². The molecule has 2 rings (SSSR count). The highest BCUT2D eigenvalue weighted by Crippen LogP contribution is 2.21. The summed E-state index contributed by atoms with van der Waals surface area (Å²) in [7, 11) is 1.74. The van der Waals surface area contributed by atoms with Crippen LogP contribution in [0.1, 0.15) is 33.2 Å². The lowest BCUT2D eigenvalue weighted by Gasteiger charge is -2.18. The topological polar surface area (TPSA) is 71.3 Å². The average Bonchev–Trinajstić information content (AvgIpc) is 2.85. The minimum Gasteiger partial charge on any atom is -0.479 e. The molecule has 110 valence electrons. The number of carbonyl (C=O) groups excluding carboxylic acids is 1. The van der Waals surface area contributed by atoms with Gasteiger partial charge in [0.15, 0.2) is 6.04 Å². The Morgan fingerprint density at radius 2 is 1.90 bits per heavy atom. The maximum absolute atomic E-state index is 12.2. The number of amides is 1. The molecule has 5 nitrogen and oxygen atoms in total. The van der Waals surface area contributed by atoms with Crippen molar-refractivity contribution in [3.63, 3.8) is 0 Å². The molecule has 0 bridgehead atoms. The highest BCUT2D eigenvalue weighted by Gasteiger charge is 2.25. The zero-order valence-corrected chi connectivity index (χ0v) is 12.3. The van der Waals surface area contributed by atoms with E-state index >= 15 is 0 Å². The monoisotopic (exact) mass is 286 g/mol. The predicted molar refractivity (Wildman–Crippen MR) is 79.2 cm³/mol. The van der Waals surface area contributed by atoms with Crippen LogP contribution in [0.25, 0.3) is 0 Å². The van der Waals surface area contributed by atoms with E-state index in [2.05, 4.69) is 5.32 Å². The number of rotatable bonds is 4. The van der Waals surface area contributed by atoms with Crippen molar-refractivity contribution in [2.75, 3.05) is 0 Å². The number of aryl methyl sites for hydroxylation is 2. The number of carboxylic acids is 1. The van der Waals surface area contributed by atoms with Crippen molar-refractivity contribution >= 4 is 11.9 Å². The number of nitrogens with zero attached hydrogens (tertiary/aromatic N) is 1. The largest absolute Gasteiger partial charge is 0.479 e. The molecule has 0 aliphatic heterocycles. The van der Waals surface area contributed by atoms with Crippen LogP contribution in [0.15, 0.2) is 36.5 Å². The third kappa shape index (κ3) is 2.97. The lowest BCUT2D eigenvalue weighted by molar-refractivity contribution is -0.139. The molecule has 5 heteroatoms. The summed E-state index contributed by atoms with van der Waals surface area (Å²) in [4.78, 5) is 23.7. The second-order valence-corrected chi connectivity index (χ2v) is 5.04. The van der Waals surface area contributed by atoms with Crippen LogP contribution in [0.2, 0.25) is 0 Å². The lowest BCUT2D eigenvalue weighted by Crippen LogP contribution is -2.35. The molecule has 0 fully saturated rings. The number of hydrogen-bond donors (Lipinski definition) is 2. The Morgan fingerprint density at radius 3 is 2.48 bits per heavy atom. The summed E-state index contributed by atoms with van der Waals surface area (Å²) in [6.45, 7) is 3.77. The van der Waals surface area contributed by atoms with E-state index in [1.165, 1.54) is 0 Å². The van der Waals surface area contributed by atoms with Gasteiger partial charge in [0.1, 0.15) is 5.69 Å². The Balaban J connectivity index is 2.33. The van der Waals surface area contributed by atoms with Gasteiger partial charge in [0.05, 0.1) is 0 Å². The lowest BCUT2D eigenvalue weighted by atomic mass is 9.97. The zero-order valence-electron chi connectivity index (χ0n) is 12.3. The Bertz CT molecular complexity index is 689. The molecular weight excluding hydrogens is 268 g/mol. The molecule has 0 aliphatic carbocycles. The highest BCUT2D eigenvalue weighted by atomic mass is 16.4. The molecule has 2 aromatic rings. The van der Waals surface area contributed by atoms with E-state index in [0.717, 1.165) is 11.1 Å². The van der Waals surface area contributed by atoms with Crippen molar-refractivity contribution < 1.29 is 14.7 Å².